The van der Waals surface area contributed by atoms with Gasteiger partial charge >= 0.3 is 5.97 Å². The predicted molar refractivity (Wildman–Crippen MR) is 68.0 cm³/mol. The van der Waals surface area contributed by atoms with Gasteiger partial charge in [0.1, 0.15) is 4.90 Å². The molecule has 1 aromatic rings. The molecule has 19 heavy (non-hydrogen) atoms. The van der Waals surface area contributed by atoms with Crippen LogP contribution in [0.25, 0.3) is 0 Å². The van der Waals surface area contributed by atoms with Gasteiger partial charge in [-0.05, 0) is 24.6 Å². The summed E-state index contributed by atoms with van der Waals surface area (Å²) in [5, 5.41) is 13.2. The number of nitrogens with two attached hydrogens (primary N) is 1. The molecule has 6 nitrogen and oxygen atoms in total. The van der Waals surface area contributed by atoms with E-state index in [9.17, 15) is 13.2 Å². The molecular weight excluding hydrogens is 292 g/mol. The highest BCUT2D eigenvalue weighted by Gasteiger charge is 2.16. The van der Waals surface area contributed by atoms with Gasteiger partial charge in [0.15, 0.2) is 0 Å². The minimum absolute atomic E-state index is 0.0328. The summed E-state index contributed by atoms with van der Waals surface area (Å²) in [6, 6.07) is 5.57. The predicted octanol–water partition coefficient (Wildman–Crippen LogP) is 1.45. The molecule has 0 aliphatic heterocycles. The number of hydrogen-bond acceptors (Lipinski definition) is 5. The van der Waals surface area contributed by atoms with Crippen LogP contribution in [0.2, 0.25) is 5.02 Å². The van der Waals surface area contributed by atoms with E-state index in [1.807, 2.05) is 6.07 Å². The summed E-state index contributed by atoms with van der Waals surface area (Å²) in [6.45, 7) is 0.0831. The number of carbonyl (C=O) groups is 1. The van der Waals surface area contributed by atoms with Gasteiger partial charge < -0.3 is 4.74 Å². The molecule has 0 fully saturated rings. The van der Waals surface area contributed by atoms with Gasteiger partial charge in [-0.3, -0.25) is 0 Å². The highest BCUT2D eigenvalue weighted by atomic mass is 35.5. The van der Waals surface area contributed by atoms with Crippen molar-refractivity contribution in [2.45, 2.75) is 17.7 Å². The van der Waals surface area contributed by atoms with Crippen LogP contribution < -0.4 is 5.14 Å². The van der Waals surface area contributed by atoms with E-state index in [-0.39, 0.29) is 28.5 Å². The lowest BCUT2D eigenvalue weighted by Gasteiger charge is -2.06. The van der Waals surface area contributed by atoms with Crippen LogP contribution in [-0.2, 0) is 14.8 Å². The molecule has 0 saturated heterocycles. The van der Waals surface area contributed by atoms with Crippen LogP contribution in [-0.4, -0.2) is 21.0 Å². The van der Waals surface area contributed by atoms with Crippen molar-refractivity contribution < 1.29 is 17.9 Å². The Morgan fingerprint density at radius 3 is 2.74 bits per heavy atom. The summed E-state index contributed by atoms with van der Waals surface area (Å²) in [5.74, 6) is -0.695. The van der Waals surface area contributed by atoms with E-state index in [0.29, 0.717) is 6.42 Å². The normalized spacial score (nSPS) is 10.8. The minimum atomic E-state index is -4.00. The maximum Gasteiger partial charge on any atom is 0.338 e. The number of nitrogens with zero attached hydrogens (tertiary/aromatic N) is 1. The van der Waals surface area contributed by atoms with Gasteiger partial charge in [0.05, 0.1) is 23.3 Å². The van der Waals surface area contributed by atoms with Crippen LogP contribution in [0.3, 0.4) is 0 Å². The first kappa shape index (κ1) is 15.4. The fourth-order valence-electron chi connectivity index (χ4n) is 1.25. The van der Waals surface area contributed by atoms with Gasteiger partial charge in [0, 0.05) is 6.42 Å². The third-order valence-corrected chi connectivity index (χ3v) is 3.53. The lowest BCUT2D eigenvalue weighted by molar-refractivity contribution is 0.0501. The summed E-state index contributed by atoms with van der Waals surface area (Å²) >= 11 is 5.68. The van der Waals surface area contributed by atoms with Crippen LogP contribution in [0, 0.1) is 11.3 Å². The first-order chi connectivity index (χ1) is 8.86. The number of ether oxygens (including phenoxy) is 1. The fraction of sp³-hybridized carbons (Fsp3) is 0.273. The Balaban J connectivity index is 2.86. The Bertz CT molecular complexity index is 622. The number of rotatable bonds is 5. The maximum atomic E-state index is 11.6. The largest absolute Gasteiger partial charge is 0.462 e. The molecule has 0 atom stereocenters. The van der Waals surface area contributed by atoms with E-state index in [1.54, 1.807) is 0 Å². The Labute approximate surface area is 115 Å². The Kier molecular flexibility index (Phi) is 5.30. The zero-order valence-corrected chi connectivity index (χ0v) is 11.4. The van der Waals surface area contributed by atoms with Gasteiger partial charge in [0.25, 0.3) is 0 Å². The summed E-state index contributed by atoms with van der Waals surface area (Å²) < 4.78 is 27.3. The zero-order valence-electron chi connectivity index (χ0n) is 9.80. The molecule has 0 heterocycles. The van der Waals surface area contributed by atoms with Crippen LogP contribution in [0.1, 0.15) is 23.2 Å². The number of esters is 1. The van der Waals surface area contributed by atoms with Crippen molar-refractivity contribution in [3.63, 3.8) is 0 Å². The average Bonchev–Trinajstić information content (AvgIpc) is 2.33. The zero-order chi connectivity index (χ0) is 14.5. The summed E-state index contributed by atoms with van der Waals surface area (Å²) in [5.41, 5.74) is 0.0328. The molecule has 2 N–H and O–H groups in total. The van der Waals surface area contributed by atoms with E-state index in [0.717, 1.165) is 6.07 Å². The molecule has 8 heteroatoms. The first-order valence-electron chi connectivity index (χ1n) is 5.22. The monoisotopic (exact) mass is 302 g/mol. The molecule has 0 amide bonds. The van der Waals surface area contributed by atoms with E-state index >= 15 is 0 Å². The number of hydrogen-bond donors (Lipinski definition) is 1. The number of halogens is 1. The van der Waals surface area contributed by atoms with E-state index in [4.69, 9.17) is 26.7 Å². The number of benzene rings is 1. The molecule has 0 aliphatic rings. The fourth-order valence-corrected chi connectivity index (χ4v) is 2.32. The standard InChI is InChI=1S/C11H11ClN2O4S/c12-9-4-3-8(7-10(9)19(14,16)17)11(15)18-6-2-1-5-13/h3-4,7H,1-2,6H2,(H2,14,16,17). The van der Waals surface area contributed by atoms with E-state index in [1.165, 1.54) is 12.1 Å². The topological polar surface area (TPSA) is 110 Å². The number of sulfonamides is 1. The van der Waals surface area contributed by atoms with Crippen LogP contribution in [0.15, 0.2) is 23.1 Å². The van der Waals surface area contributed by atoms with E-state index < -0.39 is 16.0 Å². The average molecular weight is 303 g/mol. The van der Waals surface area contributed by atoms with Crippen molar-refractivity contribution in [3.05, 3.63) is 28.8 Å². The van der Waals surface area contributed by atoms with Gasteiger partial charge in [-0.15, -0.1) is 0 Å². The number of unbranched alkanes of at least 4 members (excludes halogenated alkanes) is 1. The Morgan fingerprint density at radius 2 is 2.16 bits per heavy atom. The second-order valence-electron chi connectivity index (χ2n) is 3.59. The number of nitriles is 1. The van der Waals surface area contributed by atoms with E-state index in [2.05, 4.69) is 0 Å². The minimum Gasteiger partial charge on any atom is -0.462 e. The van der Waals surface area contributed by atoms with Crippen molar-refractivity contribution in [1.29, 1.82) is 5.26 Å². The summed E-state index contributed by atoms with van der Waals surface area (Å²) in [6.07, 6.45) is 0.689. The quantitative estimate of drug-likeness (QED) is 0.653. The molecule has 0 spiro atoms. The molecule has 102 valence electrons. The summed E-state index contributed by atoms with van der Waals surface area (Å²) in [7, 11) is -4.00. The second-order valence-corrected chi connectivity index (χ2v) is 5.52. The highest BCUT2D eigenvalue weighted by molar-refractivity contribution is 7.89. The van der Waals surface area contributed by atoms with Gasteiger partial charge in [-0.25, -0.2) is 18.4 Å². The number of carbonyl (C=O) groups excluding carboxylic acids is 1. The molecule has 1 rings (SSSR count). The molecule has 0 unspecified atom stereocenters. The third kappa shape index (κ3) is 4.52. The van der Waals surface area contributed by atoms with Crippen LogP contribution in [0.4, 0.5) is 0 Å². The third-order valence-electron chi connectivity index (χ3n) is 2.14. The molecule has 0 bridgehead atoms. The van der Waals surface area contributed by atoms with Crippen molar-refractivity contribution in [1.82, 2.24) is 0 Å². The maximum absolute atomic E-state index is 11.6. The Morgan fingerprint density at radius 1 is 1.47 bits per heavy atom. The van der Waals surface area contributed by atoms with Crippen LogP contribution in [0.5, 0.6) is 0 Å². The Hall–Kier alpha value is -1.62. The highest BCUT2D eigenvalue weighted by Crippen LogP contribution is 2.21. The molecular formula is C11H11ClN2O4S. The molecule has 0 radical (unpaired) electrons. The van der Waals surface area contributed by atoms with Gasteiger partial charge in [-0.1, -0.05) is 11.6 Å². The lowest BCUT2D eigenvalue weighted by atomic mass is 10.2. The van der Waals surface area contributed by atoms with Crippen LogP contribution >= 0.6 is 11.6 Å². The number of primary sulfonamides is 1. The SMILES string of the molecule is N#CCCCOC(=O)c1ccc(Cl)c(S(N)(=O)=O)c1. The molecule has 0 aromatic heterocycles. The molecule has 0 saturated carbocycles. The first-order valence-corrected chi connectivity index (χ1v) is 7.15. The van der Waals surface area contributed by atoms with Crippen molar-refractivity contribution in [2.24, 2.45) is 5.14 Å². The van der Waals surface area contributed by atoms with Crippen molar-refractivity contribution in [2.75, 3.05) is 6.61 Å². The second kappa shape index (κ2) is 6.52. The van der Waals surface area contributed by atoms with Gasteiger partial charge in [0.2, 0.25) is 10.0 Å². The lowest BCUT2D eigenvalue weighted by Crippen LogP contribution is -2.14. The summed E-state index contributed by atoms with van der Waals surface area (Å²) in [4.78, 5) is 11.3. The molecule has 0 aliphatic carbocycles. The molecule has 1 aromatic carbocycles. The van der Waals surface area contributed by atoms with Crippen molar-refractivity contribution in [3.8, 4) is 6.07 Å². The van der Waals surface area contributed by atoms with Crippen molar-refractivity contribution >= 4 is 27.6 Å². The van der Waals surface area contributed by atoms with Gasteiger partial charge in [-0.2, -0.15) is 5.26 Å². The smallest absolute Gasteiger partial charge is 0.338 e.